The zero-order chi connectivity index (χ0) is 15.7. The van der Waals surface area contributed by atoms with Gasteiger partial charge in [-0.3, -0.25) is 4.79 Å². The number of nitrogens with two attached hydrogens (primary N) is 1. The third-order valence-electron chi connectivity index (χ3n) is 3.34. The fourth-order valence-electron chi connectivity index (χ4n) is 2.22. The molecular formula is C15H18BrN3OS. The van der Waals surface area contributed by atoms with Crippen molar-refractivity contribution in [2.75, 3.05) is 5.73 Å². The number of hydrogen-bond acceptors (Lipinski definition) is 4. The lowest BCUT2D eigenvalue weighted by Crippen LogP contribution is -2.27. The van der Waals surface area contributed by atoms with Crippen molar-refractivity contribution in [3.8, 4) is 0 Å². The Hall–Kier alpha value is -1.40. The molecule has 1 aromatic heterocycles. The summed E-state index contributed by atoms with van der Waals surface area (Å²) >= 11 is 4.98. The van der Waals surface area contributed by atoms with Gasteiger partial charge in [-0.25, -0.2) is 4.98 Å². The molecule has 1 aromatic carbocycles. The number of nitrogen functional groups attached to an aromatic ring is 1. The van der Waals surface area contributed by atoms with Gasteiger partial charge in [0.2, 0.25) is 0 Å². The molecule has 0 radical (unpaired) electrons. The smallest absolute Gasteiger partial charge is 0.252 e. The molecule has 1 unspecified atom stereocenters. The van der Waals surface area contributed by atoms with Gasteiger partial charge in [-0.05, 0) is 45.4 Å². The molecule has 0 bridgehead atoms. The Morgan fingerprint density at radius 2 is 2.05 bits per heavy atom. The highest BCUT2D eigenvalue weighted by molar-refractivity contribution is 9.10. The molecule has 112 valence electrons. The fourth-order valence-corrected chi connectivity index (χ4v) is 3.63. The SMILES string of the molecule is Cc1nc(C)c(C(C)NC(=O)c2cc(Br)cc(N)c2C)s1. The van der Waals surface area contributed by atoms with E-state index in [1.165, 1.54) is 0 Å². The van der Waals surface area contributed by atoms with Crippen LogP contribution in [0.5, 0.6) is 0 Å². The van der Waals surface area contributed by atoms with Gasteiger partial charge in [-0.1, -0.05) is 15.9 Å². The minimum Gasteiger partial charge on any atom is -0.398 e. The van der Waals surface area contributed by atoms with Gasteiger partial charge in [-0.2, -0.15) is 0 Å². The van der Waals surface area contributed by atoms with E-state index in [2.05, 4.69) is 26.2 Å². The Morgan fingerprint density at radius 1 is 1.38 bits per heavy atom. The monoisotopic (exact) mass is 367 g/mol. The summed E-state index contributed by atoms with van der Waals surface area (Å²) in [5.41, 5.74) is 8.86. The van der Waals surface area contributed by atoms with Crippen molar-refractivity contribution in [3.05, 3.63) is 43.3 Å². The first-order chi connectivity index (χ1) is 9.79. The van der Waals surface area contributed by atoms with Gasteiger partial charge in [0.15, 0.2) is 0 Å². The summed E-state index contributed by atoms with van der Waals surface area (Å²) in [6, 6.07) is 3.51. The first-order valence-corrected chi connectivity index (χ1v) is 8.21. The number of aryl methyl sites for hydroxylation is 2. The van der Waals surface area contributed by atoms with E-state index >= 15 is 0 Å². The van der Waals surface area contributed by atoms with Crippen LogP contribution in [-0.4, -0.2) is 10.9 Å². The van der Waals surface area contributed by atoms with Gasteiger partial charge in [0.1, 0.15) is 0 Å². The molecule has 0 fully saturated rings. The Labute approximate surface area is 136 Å². The molecule has 0 aliphatic heterocycles. The van der Waals surface area contributed by atoms with Gasteiger partial charge < -0.3 is 11.1 Å². The average molecular weight is 368 g/mol. The Bertz CT molecular complexity index is 696. The zero-order valence-electron chi connectivity index (χ0n) is 12.5. The molecule has 1 heterocycles. The highest BCUT2D eigenvalue weighted by Gasteiger charge is 2.18. The summed E-state index contributed by atoms with van der Waals surface area (Å²) in [4.78, 5) is 18.0. The minimum atomic E-state index is -0.126. The molecule has 2 aromatic rings. The van der Waals surface area contributed by atoms with Crippen LogP contribution in [-0.2, 0) is 0 Å². The van der Waals surface area contributed by atoms with Crippen molar-refractivity contribution in [1.29, 1.82) is 0 Å². The number of amides is 1. The number of hydrogen-bond donors (Lipinski definition) is 2. The maximum Gasteiger partial charge on any atom is 0.252 e. The average Bonchev–Trinajstić information content (AvgIpc) is 2.72. The number of aromatic nitrogens is 1. The summed E-state index contributed by atoms with van der Waals surface area (Å²) in [5, 5.41) is 4.02. The molecule has 1 amide bonds. The first kappa shape index (κ1) is 16.0. The highest BCUT2D eigenvalue weighted by atomic mass is 79.9. The fraction of sp³-hybridized carbons (Fsp3) is 0.333. The second kappa shape index (κ2) is 6.15. The van der Waals surface area contributed by atoms with Crippen molar-refractivity contribution < 1.29 is 4.79 Å². The lowest BCUT2D eigenvalue weighted by molar-refractivity contribution is 0.0940. The van der Waals surface area contributed by atoms with Gasteiger partial charge in [0.25, 0.3) is 5.91 Å². The first-order valence-electron chi connectivity index (χ1n) is 6.60. The summed E-state index contributed by atoms with van der Waals surface area (Å²) in [6.07, 6.45) is 0. The molecule has 0 spiro atoms. The molecule has 3 N–H and O–H groups in total. The van der Waals surface area contributed by atoms with Crippen molar-refractivity contribution in [2.45, 2.75) is 33.7 Å². The van der Waals surface area contributed by atoms with Crippen LogP contribution in [0.15, 0.2) is 16.6 Å². The van der Waals surface area contributed by atoms with Gasteiger partial charge in [0, 0.05) is 20.6 Å². The van der Waals surface area contributed by atoms with Crippen LogP contribution >= 0.6 is 27.3 Å². The van der Waals surface area contributed by atoms with E-state index in [1.54, 1.807) is 23.5 Å². The number of thiazole rings is 1. The summed E-state index contributed by atoms with van der Waals surface area (Å²) in [7, 11) is 0. The lowest BCUT2D eigenvalue weighted by atomic mass is 10.1. The lowest BCUT2D eigenvalue weighted by Gasteiger charge is -2.15. The molecule has 0 aliphatic rings. The number of benzene rings is 1. The summed E-state index contributed by atoms with van der Waals surface area (Å²) < 4.78 is 0.799. The van der Waals surface area contributed by atoms with Gasteiger partial charge >= 0.3 is 0 Å². The molecule has 4 nitrogen and oxygen atoms in total. The van der Waals surface area contributed by atoms with Crippen LogP contribution in [0.3, 0.4) is 0 Å². The van der Waals surface area contributed by atoms with Crippen LogP contribution in [0.1, 0.15) is 44.5 Å². The topological polar surface area (TPSA) is 68.0 Å². The number of halogens is 1. The van der Waals surface area contributed by atoms with Crippen LogP contribution in [0.4, 0.5) is 5.69 Å². The number of nitrogens with zero attached hydrogens (tertiary/aromatic N) is 1. The largest absolute Gasteiger partial charge is 0.398 e. The molecule has 21 heavy (non-hydrogen) atoms. The highest BCUT2D eigenvalue weighted by Crippen LogP contribution is 2.26. The van der Waals surface area contributed by atoms with E-state index in [0.29, 0.717) is 11.3 Å². The number of anilines is 1. The quantitative estimate of drug-likeness (QED) is 0.808. The van der Waals surface area contributed by atoms with Crippen molar-refractivity contribution in [1.82, 2.24) is 10.3 Å². The maximum atomic E-state index is 12.5. The van der Waals surface area contributed by atoms with Crippen LogP contribution < -0.4 is 11.1 Å². The van der Waals surface area contributed by atoms with Crippen molar-refractivity contribution >= 4 is 38.9 Å². The van der Waals surface area contributed by atoms with E-state index in [4.69, 9.17) is 5.73 Å². The van der Waals surface area contributed by atoms with E-state index in [0.717, 1.165) is 25.6 Å². The Balaban J connectivity index is 2.24. The molecule has 1 atom stereocenters. The second-order valence-electron chi connectivity index (χ2n) is 5.05. The molecule has 2 rings (SSSR count). The third kappa shape index (κ3) is 3.44. The van der Waals surface area contributed by atoms with Gasteiger partial charge in [-0.15, -0.1) is 11.3 Å². The number of carbonyl (C=O) groups excluding carboxylic acids is 1. The summed E-state index contributed by atoms with van der Waals surface area (Å²) in [5.74, 6) is -0.126. The maximum absolute atomic E-state index is 12.5. The Morgan fingerprint density at radius 3 is 2.62 bits per heavy atom. The standard InChI is InChI=1S/C15H18BrN3OS/c1-7-12(5-11(16)6-13(7)17)15(20)19-9(3)14-8(2)18-10(4)21-14/h5-6,9H,17H2,1-4H3,(H,19,20). The van der Waals surface area contributed by atoms with Crippen LogP contribution in [0.25, 0.3) is 0 Å². The predicted molar refractivity (Wildman–Crippen MR) is 90.8 cm³/mol. The van der Waals surface area contributed by atoms with Crippen molar-refractivity contribution in [3.63, 3.8) is 0 Å². The summed E-state index contributed by atoms with van der Waals surface area (Å²) in [6.45, 7) is 7.75. The van der Waals surface area contributed by atoms with Crippen molar-refractivity contribution in [2.24, 2.45) is 0 Å². The number of rotatable bonds is 3. The van der Waals surface area contributed by atoms with Crippen LogP contribution in [0, 0.1) is 20.8 Å². The third-order valence-corrected chi connectivity index (χ3v) is 5.05. The normalized spacial score (nSPS) is 12.2. The second-order valence-corrected chi connectivity index (χ2v) is 7.20. The van der Waals surface area contributed by atoms with E-state index < -0.39 is 0 Å². The van der Waals surface area contributed by atoms with Gasteiger partial charge in [0.05, 0.1) is 16.7 Å². The predicted octanol–water partition coefficient (Wildman–Crippen LogP) is 3.90. The minimum absolute atomic E-state index is 0.0803. The van der Waals surface area contributed by atoms with E-state index in [-0.39, 0.29) is 11.9 Å². The van der Waals surface area contributed by atoms with E-state index in [9.17, 15) is 4.79 Å². The molecule has 6 heteroatoms. The molecular weight excluding hydrogens is 350 g/mol. The van der Waals surface area contributed by atoms with E-state index in [1.807, 2.05) is 27.7 Å². The number of carbonyl (C=O) groups is 1. The molecule has 0 aliphatic carbocycles. The zero-order valence-corrected chi connectivity index (χ0v) is 14.9. The Kier molecular flexibility index (Phi) is 4.68. The number of nitrogens with one attached hydrogen (secondary N) is 1. The van der Waals surface area contributed by atoms with Crippen LogP contribution in [0.2, 0.25) is 0 Å². The molecule has 0 saturated carbocycles. The molecule has 0 saturated heterocycles.